The molecular formula is C14H14O2. The van der Waals surface area contributed by atoms with Crippen LogP contribution < -0.4 is 0 Å². The number of rotatable bonds is 2. The van der Waals surface area contributed by atoms with Crippen LogP contribution in [0.4, 0.5) is 0 Å². The number of ether oxygens (including phenoxy) is 1. The van der Waals surface area contributed by atoms with Crippen molar-refractivity contribution < 1.29 is 9.53 Å². The lowest BCUT2D eigenvalue weighted by Gasteiger charge is -1.94. The van der Waals surface area contributed by atoms with Crippen LogP contribution in [0.1, 0.15) is 19.4 Å². The molecule has 16 heavy (non-hydrogen) atoms. The third-order valence-electron chi connectivity index (χ3n) is 1.79. The van der Waals surface area contributed by atoms with Crippen molar-refractivity contribution in [3.63, 3.8) is 0 Å². The summed E-state index contributed by atoms with van der Waals surface area (Å²) in [6.07, 6.45) is 1.84. The van der Waals surface area contributed by atoms with Crippen LogP contribution in [0.2, 0.25) is 0 Å². The summed E-state index contributed by atoms with van der Waals surface area (Å²) in [6, 6.07) is 9.34. The van der Waals surface area contributed by atoms with Gasteiger partial charge in [-0.25, -0.2) is 4.79 Å². The third-order valence-corrected chi connectivity index (χ3v) is 1.79. The predicted molar refractivity (Wildman–Crippen MR) is 63.7 cm³/mol. The summed E-state index contributed by atoms with van der Waals surface area (Å²) >= 11 is 0. The average Bonchev–Trinajstić information content (AvgIpc) is 2.27. The molecular weight excluding hydrogens is 200 g/mol. The second kappa shape index (κ2) is 6.47. The molecule has 2 heteroatoms. The molecule has 0 bridgehead atoms. The Hall–Kier alpha value is -2.01. The first kappa shape index (κ1) is 12.1. The van der Waals surface area contributed by atoms with E-state index in [0.717, 1.165) is 11.1 Å². The van der Waals surface area contributed by atoms with Crippen molar-refractivity contribution in [2.24, 2.45) is 0 Å². The van der Waals surface area contributed by atoms with E-state index in [9.17, 15) is 4.79 Å². The highest BCUT2D eigenvalue weighted by Crippen LogP contribution is 1.95. The van der Waals surface area contributed by atoms with Gasteiger partial charge in [0.1, 0.15) is 6.61 Å². The van der Waals surface area contributed by atoms with Crippen LogP contribution in [-0.4, -0.2) is 12.6 Å². The van der Waals surface area contributed by atoms with Crippen molar-refractivity contribution >= 4 is 5.97 Å². The molecule has 0 aliphatic heterocycles. The van der Waals surface area contributed by atoms with E-state index in [1.165, 1.54) is 0 Å². The molecule has 0 aromatic heterocycles. The van der Waals surface area contributed by atoms with Crippen molar-refractivity contribution in [1.29, 1.82) is 0 Å². The van der Waals surface area contributed by atoms with Crippen LogP contribution in [0.25, 0.3) is 0 Å². The largest absolute Gasteiger partial charge is 0.452 e. The Kier molecular flexibility index (Phi) is 4.88. The molecule has 0 heterocycles. The quantitative estimate of drug-likeness (QED) is 0.429. The number of carbonyl (C=O) groups excluding carboxylic acids is 1. The van der Waals surface area contributed by atoms with Gasteiger partial charge in [0.2, 0.25) is 0 Å². The topological polar surface area (TPSA) is 26.3 Å². The Balaban J connectivity index is 2.46. The third kappa shape index (κ3) is 5.02. The standard InChI is InChI=1S/C14H14O2/c1-12(2)10-11-16-14(15)9-8-13-6-4-3-5-7-13/h3-7,10H,11H2,1-2H3. The predicted octanol–water partition coefficient (Wildman–Crippen LogP) is 2.55. The first-order chi connectivity index (χ1) is 7.68. The molecule has 0 aliphatic rings. The number of carbonyl (C=O) groups is 1. The van der Waals surface area contributed by atoms with E-state index in [4.69, 9.17) is 4.74 Å². The molecule has 82 valence electrons. The molecule has 0 N–H and O–H groups in total. The zero-order valence-electron chi connectivity index (χ0n) is 9.49. The van der Waals surface area contributed by atoms with Crippen LogP contribution in [0.15, 0.2) is 42.0 Å². The van der Waals surface area contributed by atoms with Crippen LogP contribution >= 0.6 is 0 Å². The summed E-state index contributed by atoms with van der Waals surface area (Å²) in [5.41, 5.74) is 1.92. The van der Waals surface area contributed by atoms with Crippen molar-refractivity contribution in [3.8, 4) is 11.8 Å². The summed E-state index contributed by atoms with van der Waals surface area (Å²) in [5.74, 6) is 4.67. The van der Waals surface area contributed by atoms with Crippen LogP contribution in [-0.2, 0) is 9.53 Å². The second-order valence-electron chi connectivity index (χ2n) is 3.50. The molecule has 0 atom stereocenters. The van der Waals surface area contributed by atoms with Gasteiger partial charge in [-0.1, -0.05) is 29.7 Å². The maximum Gasteiger partial charge on any atom is 0.385 e. The lowest BCUT2D eigenvalue weighted by molar-refractivity contribution is -0.135. The Bertz CT molecular complexity index is 429. The number of hydrogen-bond donors (Lipinski definition) is 0. The van der Waals surface area contributed by atoms with E-state index >= 15 is 0 Å². The minimum absolute atomic E-state index is 0.282. The minimum atomic E-state index is -0.499. The van der Waals surface area contributed by atoms with E-state index < -0.39 is 5.97 Å². The second-order valence-corrected chi connectivity index (χ2v) is 3.50. The van der Waals surface area contributed by atoms with E-state index in [1.54, 1.807) is 0 Å². The maximum atomic E-state index is 11.2. The number of esters is 1. The van der Waals surface area contributed by atoms with Gasteiger partial charge in [0.05, 0.1) is 0 Å². The lowest BCUT2D eigenvalue weighted by atomic mass is 10.2. The molecule has 2 nitrogen and oxygen atoms in total. The first-order valence-electron chi connectivity index (χ1n) is 5.05. The van der Waals surface area contributed by atoms with Gasteiger partial charge < -0.3 is 4.74 Å². The van der Waals surface area contributed by atoms with Gasteiger partial charge in [-0.3, -0.25) is 0 Å². The van der Waals surface area contributed by atoms with Gasteiger partial charge in [0.15, 0.2) is 0 Å². The van der Waals surface area contributed by atoms with Gasteiger partial charge >= 0.3 is 5.97 Å². The summed E-state index contributed by atoms with van der Waals surface area (Å²) in [5, 5.41) is 0. The number of allylic oxidation sites excluding steroid dienone is 1. The van der Waals surface area contributed by atoms with Crippen LogP contribution in [0.3, 0.4) is 0 Å². The zero-order chi connectivity index (χ0) is 11.8. The van der Waals surface area contributed by atoms with Gasteiger partial charge in [-0.2, -0.15) is 0 Å². The Morgan fingerprint density at radius 1 is 1.31 bits per heavy atom. The van der Waals surface area contributed by atoms with E-state index in [0.29, 0.717) is 0 Å². The van der Waals surface area contributed by atoms with Crippen LogP contribution in [0, 0.1) is 11.8 Å². The highest BCUT2D eigenvalue weighted by Gasteiger charge is 1.93. The molecule has 0 aliphatic carbocycles. The highest BCUT2D eigenvalue weighted by atomic mass is 16.5. The Morgan fingerprint density at radius 2 is 2.00 bits per heavy atom. The van der Waals surface area contributed by atoms with Gasteiger partial charge in [-0.15, -0.1) is 0 Å². The molecule has 0 unspecified atom stereocenters. The molecule has 0 radical (unpaired) electrons. The van der Waals surface area contributed by atoms with E-state index in [1.807, 2.05) is 50.3 Å². The van der Waals surface area contributed by atoms with Gasteiger partial charge in [0.25, 0.3) is 0 Å². The zero-order valence-corrected chi connectivity index (χ0v) is 9.49. The fourth-order valence-electron chi connectivity index (χ4n) is 0.965. The highest BCUT2D eigenvalue weighted by molar-refractivity contribution is 5.89. The first-order valence-corrected chi connectivity index (χ1v) is 5.05. The summed E-state index contributed by atoms with van der Waals surface area (Å²) < 4.78 is 4.89. The Labute approximate surface area is 95.9 Å². The van der Waals surface area contributed by atoms with Crippen molar-refractivity contribution in [2.75, 3.05) is 6.61 Å². The molecule has 0 saturated carbocycles. The van der Waals surface area contributed by atoms with Crippen molar-refractivity contribution in [2.45, 2.75) is 13.8 Å². The summed E-state index contributed by atoms with van der Waals surface area (Å²) in [4.78, 5) is 11.2. The van der Waals surface area contributed by atoms with Crippen molar-refractivity contribution in [3.05, 3.63) is 47.5 Å². The molecule has 0 spiro atoms. The van der Waals surface area contributed by atoms with E-state index in [2.05, 4.69) is 11.8 Å². The van der Waals surface area contributed by atoms with Crippen molar-refractivity contribution in [1.82, 2.24) is 0 Å². The summed E-state index contributed by atoms with van der Waals surface area (Å²) in [6.45, 7) is 4.18. The number of hydrogen-bond acceptors (Lipinski definition) is 2. The SMILES string of the molecule is CC(C)=CCOC(=O)C#Cc1ccccc1. The molecule has 1 rings (SSSR count). The number of benzene rings is 1. The average molecular weight is 214 g/mol. The fraction of sp³-hybridized carbons (Fsp3) is 0.214. The molecule has 0 saturated heterocycles. The van der Waals surface area contributed by atoms with Gasteiger partial charge in [0, 0.05) is 11.5 Å². The fourth-order valence-corrected chi connectivity index (χ4v) is 0.965. The molecule has 1 aromatic rings. The summed E-state index contributed by atoms with van der Waals surface area (Å²) in [7, 11) is 0. The monoisotopic (exact) mass is 214 g/mol. The smallest absolute Gasteiger partial charge is 0.385 e. The molecule has 1 aromatic carbocycles. The van der Waals surface area contributed by atoms with E-state index in [-0.39, 0.29) is 6.61 Å². The molecule has 0 amide bonds. The normalized spacial score (nSPS) is 8.62. The Morgan fingerprint density at radius 3 is 2.62 bits per heavy atom. The lowest BCUT2D eigenvalue weighted by Crippen LogP contribution is -2.01. The van der Waals surface area contributed by atoms with Crippen LogP contribution in [0.5, 0.6) is 0 Å². The maximum absolute atomic E-state index is 11.2. The minimum Gasteiger partial charge on any atom is -0.452 e. The molecule has 0 fully saturated rings. The van der Waals surface area contributed by atoms with Gasteiger partial charge in [-0.05, 0) is 32.1 Å².